The molecular formula is C18H19FN2O3S. The van der Waals surface area contributed by atoms with Crippen LogP contribution in [0.5, 0.6) is 0 Å². The number of rotatable bonds is 8. The van der Waals surface area contributed by atoms with Gasteiger partial charge in [0.1, 0.15) is 5.82 Å². The molecule has 7 heteroatoms. The number of amides is 1. The van der Waals surface area contributed by atoms with Crippen LogP contribution in [0.25, 0.3) is 0 Å². The minimum absolute atomic E-state index is 0.0210. The van der Waals surface area contributed by atoms with Crippen molar-refractivity contribution in [3.05, 3.63) is 78.1 Å². The van der Waals surface area contributed by atoms with E-state index in [9.17, 15) is 17.6 Å². The van der Waals surface area contributed by atoms with Gasteiger partial charge >= 0.3 is 0 Å². The standard InChI is InChI=1S/C18H19FN2O3S/c1-2-11-20-18(22)15-7-5-8-16(13-15)25(23,24)21-12-10-14-6-3-4-9-17(14)19/h2-9,13,21H,1,10-12H2,(H,20,22). The zero-order chi connectivity index (χ0) is 18.3. The largest absolute Gasteiger partial charge is 0.349 e. The first kappa shape index (κ1) is 18.8. The number of halogens is 1. The van der Waals surface area contributed by atoms with Crippen molar-refractivity contribution in [3.8, 4) is 0 Å². The monoisotopic (exact) mass is 362 g/mol. The summed E-state index contributed by atoms with van der Waals surface area (Å²) in [7, 11) is -3.79. The Bertz CT molecular complexity index is 866. The van der Waals surface area contributed by atoms with E-state index < -0.39 is 10.0 Å². The van der Waals surface area contributed by atoms with Crippen LogP contribution in [-0.2, 0) is 16.4 Å². The lowest BCUT2D eigenvalue weighted by Gasteiger charge is -2.09. The maximum absolute atomic E-state index is 13.5. The molecule has 0 aliphatic rings. The van der Waals surface area contributed by atoms with E-state index in [1.165, 1.54) is 36.4 Å². The van der Waals surface area contributed by atoms with Crippen LogP contribution in [0, 0.1) is 5.82 Å². The highest BCUT2D eigenvalue weighted by atomic mass is 32.2. The maximum Gasteiger partial charge on any atom is 0.251 e. The number of nitrogens with one attached hydrogen (secondary N) is 2. The predicted molar refractivity (Wildman–Crippen MR) is 94.3 cm³/mol. The summed E-state index contributed by atoms with van der Waals surface area (Å²) in [5, 5.41) is 2.58. The lowest BCUT2D eigenvalue weighted by atomic mass is 10.1. The van der Waals surface area contributed by atoms with Crippen LogP contribution in [0.1, 0.15) is 15.9 Å². The summed E-state index contributed by atoms with van der Waals surface area (Å²) in [6.45, 7) is 3.84. The van der Waals surface area contributed by atoms with Crippen molar-refractivity contribution < 1.29 is 17.6 Å². The zero-order valence-electron chi connectivity index (χ0n) is 13.5. The molecule has 0 bridgehead atoms. The Morgan fingerprint density at radius 3 is 2.64 bits per heavy atom. The summed E-state index contributed by atoms with van der Waals surface area (Å²) in [4.78, 5) is 11.9. The molecule has 0 aliphatic heterocycles. The second kappa shape index (κ2) is 8.55. The number of carbonyl (C=O) groups is 1. The van der Waals surface area contributed by atoms with Crippen molar-refractivity contribution in [1.29, 1.82) is 0 Å². The first-order valence-corrected chi connectivity index (χ1v) is 9.14. The normalized spacial score (nSPS) is 11.1. The highest BCUT2D eigenvalue weighted by Crippen LogP contribution is 2.12. The average Bonchev–Trinajstić information content (AvgIpc) is 2.61. The summed E-state index contributed by atoms with van der Waals surface area (Å²) >= 11 is 0. The van der Waals surface area contributed by atoms with Gasteiger partial charge in [-0.25, -0.2) is 17.5 Å². The minimum Gasteiger partial charge on any atom is -0.349 e. The molecule has 2 rings (SSSR count). The van der Waals surface area contributed by atoms with E-state index in [1.54, 1.807) is 18.2 Å². The van der Waals surface area contributed by atoms with Crippen LogP contribution in [0.3, 0.4) is 0 Å². The molecule has 0 unspecified atom stereocenters. The summed E-state index contributed by atoms with van der Waals surface area (Å²) in [6.07, 6.45) is 1.76. The van der Waals surface area contributed by atoms with E-state index in [4.69, 9.17) is 0 Å². The lowest BCUT2D eigenvalue weighted by molar-refractivity contribution is 0.0958. The molecule has 1 amide bonds. The molecule has 2 aromatic carbocycles. The molecule has 0 radical (unpaired) electrons. The summed E-state index contributed by atoms with van der Waals surface area (Å²) in [5.74, 6) is -0.758. The molecular weight excluding hydrogens is 343 g/mol. The van der Waals surface area contributed by atoms with Gasteiger partial charge in [-0.05, 0) is 36.2 Å². The van der Waals surface area contributed by atoms with Gasteiger partial charge in [0.2, 0.25) is 10.0 Å². The number of carbonyl (C=O) groups excluding carboxylic acids is 1. The molecule has 0 fully saturated rings. The van der Waals surface area contributed by atoms with Crippen LogP contribution in [0.2, 0.25) is 0 Å². The lowest BCUT2D eigenvalue weighted by Crippen LogP contribution is -2.27. The summed E-state index contributed by atoms with van der Waals surface area (Å²) < 4.78 is 40.7. The maximum atomic E-state index is 13.5. The van der Waals surface area contributed by atoms with Gasteiger partial charge in [-0.3, -0.25) is 4.79 Å². The molecule has 0 spiro atoms. The molecule has 132 valence electrons. The topological polar surface area (TPSA) is 75.3 Å². The Balaban J connectivity index is 2.05. The van der Waals surface area contributed by atoms with Crippen LogP contribution < -0.4 is 10.0 Å². The van der Waals surface area contributed by atoms with Crippen molar-refractivity contribution in [1.82, 2.24) is 10.0 Å². The van der Waals surface area contributed by atoms with Crippen LogP contribution >= 0.6 is 0 Å². The molecule has 25 heavy (non-hydrogen) atoms. The fourth-order valence-electron chi connectivity index (χ4n) is 2.18. The minimum atomic E-state index is -3.79. The van der Waals surface area contributed by atoms with Gasteiger partial charge in [-0.15, -0.1) is 6.58 Å². The highest BCUT2D eigenvalue weighted by molar-refractivity contribution is 7.89. The van der Waals surface area contributed by atoms with Gasteiger partial charge in [0, 0.05) is 18.7 Å². The molecule has 0 atom stereocenters. The number of sulfonamides is 1. The fourth-order valence-corrected chi connectivity index (χ4v) is 3.25. The van der Waals surface area contributed by atoms with Crippen molar-refractivity contribution in [2.45, 2.75) is 11.3 Å². The van der Waals surface area contributed by atoms with Gasteiger partial charge < -0.3 is 5.32 Å². The SMILES string of the molecule is C=CCNC(=O)c1cccc(S(=O)(=O)NCCc2ccccc2F)c1. The Kier molecular flexibility index (Phi) is 6.44. The predicted octanol–water partition coefficient (Wildman–Crippen LogP) is 2.26. The van der Waals surface area contributed by atoms with Crippen molar-refractivity contribution in [2.75, 3.05) is 13.1 Å². The first-order valence-electron chi connectivity index (χ1n) is 7.66. The second-order valence-corrected chi connectivity index (χ2v) is 7.03. The van der Waals surface area contributed by atoms with E-state index in [1.807, 2.05) is 0 Å². The van der Waals surface area contributed by atoms with Crippen molar-refractivity contribution in [2.24, 2.45) is 0 Å². The first-order chi connectivity index (χ1) is 11.9. The fraction of sp³-hybridized carbons (Fsp3) is 0.167. The summed E-state index contributed by atoms with van der Waals surface area (Å²) in [6, 6.07) is 11.9. The van der Waals surface area contributed by atoms with Crippen molar-refractivity contribution in [3.63, 3.8) is 0 Å². The van der Waals surface area contributed by atoms with E-state index in [0.717, 1.165) is 0 Å². The molecule has 0 heterocycles. The van der Waals surface area contributed by atoms with Gasteiger partial charge in [0.05, 0.1) is 4.90 Å². The van der Waals surface area contributed by atoms with Gasteiger partial charge in [-0.1, -0.05) is 30.3 Å². The molecule has 5 nitrogen and oxygen atoms in total. The van der Waals surface area contributed by atoms with E-state index >= 15 is 0 Å². The Morgan fingerprint density at radius 2 is 1.92 bits per heavy atom. The molecule has 0 aromatic heterocycles. The highest BCUT2D eigenvalue weighted by Gasteiger charge is 2.16. The van der Waals surface area contributed by atoms with Gasteiger partial charge in [0.15, 0.2) is 0 Å². The Hall–Kier alpha value is -2.51. The van der Waals surface area contributed by atoms with Crippen LogP contribution in [0.4, 0.5) is 4.39 Å². The van der Waals surface area contributed by atoms with E-state index in [2.05, 4.69) is 16.6 Å². The molecule has 0 saturated heterocycles. The second-order valence-electron chi connectivity index (χ2n) is 5.27. The third-order valence-corrected chi connectivity index (χ3v) is 4.92. The van der Waals surface area contributed by atoms with Crippen LogP contribution in [0.15, 0.2) is 66.1 Å². The van der Waals surface area contributed by atoms with Gasteiger partial charge in [0.25, 0.3) is 5.91 Å². The smallest absolute Gasteiger partial charge is 0.251 e. The molecule has 0 aliphatic carbocycles. The van der Waals surface area contributed by atoms with E-state index in [0.29, 0.717) is 5.56 Å². The Labute approximate surface area is 146 Å². The Morgan fingerprint density at radius 1 is 1.16 bits per heavy atom. The molecule has 0 saturated carbocycles. The number of hydrogen-bond acceptors (Lipinski definition) is 3. The number of hydrogen-bond donors (Lipinski definition) is 2. The van der Waals surface area contributed by atoms with Crippen molar-refractivity contribution >= 4 is 15.9 Å². The molecule has 2 N–H and O–H groups in total. The number of benzene rings is 2. The van der Waals surface area contributed by atoms with Gasteiger partial charge in [-0.2, -0.15) is 0 Å². The quantitative estimate of drug-likeness (QED) is 0.708. The van der Waals surface area contributed by atoms with Crippen LogP contribution in [-0.4, -0.2) is 27.4 Å². The summed E-state index contributed by atoms with van der Waals surface area (Å²) in [5.41, 5.74) is 0.668. The molecule has 2 aromatic rings. The van der Waals surface area contributed by atoms with E-state index in [-0.39, 0.29) is 41.7 Å². The average molecular weight is 362 g/mol. The third kappa shape index (κ3) is 5.23. The zero-order valence-corrected chi connectivity index (χ0v) is 14.4. The third-order valence-electron chi connectivity index (χ3n) is 3.46.